The van der Waals surface area contributed by atoms with E-state index in [1.165, 1.54) is 22.3 Å². The largest absolute Gasteiger partial charge is 0.309 e. The molecule has 0 atom stereocenters. The van der Waals surface area contributed by atoms with Gasteiger partial charge in [0.25, 0.3) is 0 Å². The van der Waals surface area contributed by atoms with Crippen molar-refractivity contribution < 1.29 is 0 Å². The first-order valence-electron chi connectivity index (χ1n) is 7.97. The summed E-state index contributed by atoms with van der Waals surface area (Å²) in [4.78, 5) is 0. The van der Waals surface area contributed by atoms with Crippen molar-refractivity contribution in [2.24, 2.45) is 0 Å². The zero-order valence-corrected chi connectivity index (χ0v) is 13.2. The fraction of sp³-hybridized carbons (Fsp3) is 0.0909. The molecular formula is C22H21N. The van der Waals surface area contributed by atoms with Gasteiger partial charge in [-0.15, -0.1) is 0 Å². The standard InChI is InChI=1S/C22H21N/c1-3-7-19(8-4-1)11-12-20-13-15-22(16-14-20)18-23-17-21-9-5-2-6-10-21/h1-16,23H,17-18H2/b12-11+. The molecule has 0 bridgehead atoms. The molecule has 3 aromatic rings. The molecule has 0 amide bonds. The summed E-state index contributed by atoms with van der Waals surface area (Å²) in [6.07, 6.45) is 4.29. The Labute approximate surface area is 138 Å². The first-order valence-corrected chi connectivity index (χ1v) is 7.97. The molecule has 114 valence electrons. The van der Waals surface area contributed by atoms with E-state index in [1.54, 1.807) is 0 Å². The molecule has 0 saturated heterocycles. The van der Waals surface area contributed by atoms with E-state index in [9.17, 15) is 0 Å². The fourth-order valence-electron chi connectivity index (χ4n) is 2.45. The van der Waals surface area contributed by atoms with Crippen molar-refractivity contribution in [3.05, 3.63) is 107 Å². The average molecular weight is 299 g/mol. The van der Waals surface area contributed by atoms with Gasteiger partial charge in [-0.25, -0.2) is 0 Å². The van der Waals surface area contributed by atoms with Crippen molar-refractivity contribution in [2.45, 2.75) is 13.1 Å². The Hall–Kier alpha value is -2.64. The molecule has 1 N–H and O–H groups in total. The zero-order valence-electron chi connectivity index (χ0n) is 13.2. The molecule has 0 radical (unpaired) electrons. The Morgan fingerprint density at radius 1 is 0.522 bits per heavy atom. The van der Waals surface area contributed by atoms with Crippen molar-refractivity contribution >= 4 is 12.2 Å². The molecule has 3 aromatic carbocycles. The first-order chi connectivity index (χ1) is 11.4. The van der Waals surface area contributed by atoms with Gasteiger partial charge in [-0.3, -0.25) is 0 Å². The lowest BCUT2D eigenvalue weighted by atomic mass is 10.1. The highest BCUT2D eigenvalue weighted by Crippen LogP contribution is 2.10. The first kappa shape index (κ1) is 15.3. The molecule has 1 nitrogen and oxygen atoms in total. The van der Waals surface area contributed by atoms with Gasteiger partial charge in [0.05, 0.1) is 0 Å². The van der Waals surface area contributed by atoms with E-state index >= 15 is 0 Å². The molecule has 0 unspecified atom stereocenters. The molecule has 0 aliphatic heterocycles. The van der Waals surface area contributed by atoms with E-state index in [2.05, 4.69) is 90.3 Å². The van der Waals surface area contributed by atoms with Gasteiger partial charge in [0.15, 0.2) is 0 Å². The van der Waals surface area contributed by atoms with Crippen LogP contribution in [-0.2, 0) is 13.1 Å². The molecule has 23 heavy (non-hydrogen) atoms. The van der Waals surface area contributed by atoms with Crippen LogP contribution in [0.1, 0.15) is 22.3 Å². The summed E-state index contributed by atoms with van der Waals surface area (Å²) in [7, 11) is 0. The van der Waals surface area contributed by atoms with E-state index in [0.717, 1.165) is 13.1 Å². The summed E-state index contributed by atoms with van der Waals surface area (Å²) in [5, 5.41) is 3.48. The smallest absolute Gasteiger partial charge is 0.0208 e. The third-order valence-electron chi connectivity index (χ3n) is 3.75. The number of rotatable bonds is 6. The molecule has 0 spiro atoms. The maximum atomic E-state index is 3.48. The van der Waals surface area contributed by atoms with Gasteiger partial charge in [-0.2, -0.15) is 0 Å². The molecule has 3 rings (SSSR count). The Morgan fingerprint density at radius 2 is 1.00 bits per heavy atom. The molecule has 0 aliphatic rings. The van der Waals surface area contributed by atoms with Crippen LogP contribution >= 0.6 is 0 Å². The molecule has 0 fully saturated rings. The highest BCUT2D eigenvalue weighted by molar-refractivity contribution is 5.69. The summed E-state index contributed by atoms with van der Waals surface area (Å²) in [6.45, 7) is 1.79. The summed E-state index contributed by atoms with van der Waals surface area (Å²) in [6, 6.07) is 29.5. The minimum atomic E-state index is 0.886. The van der Waals surface area contributed by atoms with E-state index < -0.39 is 0 Å². The summed E-state index contributed by atoms with van der Waals surface area (Å²) in [5.41, 5.74) is 5.06. The van der Waals surface area contributed by atoms with Crippen LogP contribution in [-0.4, -0.2) is 0 Å². The lowest BCUT2D eigenvalue weighted by molar-refractivity contribution is 0.693. The maximum Gasteiger partial charge on any atom is 0.0208 e. The topological polar surface area (TPSA) is 12.0 Å². The summed E-state index contributed by atoms with van der Waals surface area (Å²) < 4.78 is 0. The van der Waals surface area contributed by atoms with Crippen LogP contribution in [0.5, 0.6) is 0 Å². The predicted octanol–water partition coefficient (Wildman–Crippen LogP) is 5.15. The minimum absolute atomic E-state index is 0.886. The van der Waals surface area contributed by atoms with Gasteiger partial charge in [-0.1, -0.05) is 97.1 Å². The Morgan fingerprint density at radius 3 is 1.61 bits per heavy atom. The Bertz CT molecular complexity index is 728. The normalized spacial score (nSPS) is 11.0. The van der Waals surface area contributed by atoms with Gasteiger partial charge >= 0.3 is 0 Å². The van der Waals surface area contributed by atoms with Crippen LogP contribution < -0.4 is 5.32 Å². The summed E-state index contributed by atoms with van der Waals surface area (Å²) in [5.74, 6) is 0. The SMILES string of the molecule is C(=C\c1ccc(CNCc2ccccc2)cc1)/c1ccccc1. The van der Waals surface area contributed by atoms with Crippen LogP contribution in [0, 0.1) is 0 Å². The molecule has 1 heteroatoms. The van der Waals surface area contributed by atoms with E-state index in [0.29, 0.717) is 0 Å². The monoisotopic (exact) mass is 299 g/mol. The van der Waals surface area contributed by atoms with Crippen LogP contribution in [0.2, 0.25) is 0 Å². The lowest BCUT2D eigenvalue weighted by Crippen LogP contribution is -2.12. The number of benzene rings is 3. The highest BCUT2D eigenvalue weighted by atomic mass is 14.8. The van der Waals surface area contributed by atoms with Gasteiger partial charge in [0.1, 0.15) is 0 Å². The highest BCUT2D eigenvalue weighted by Gasteiger charge is 1.94. The quantitative estimate of drug-likeness (QED) is 0.621. The third-order valence-corrected chi connectivity index (χ3v) is 3.75. The zero-order chi connectivity index (χ0) is 15.7. The van der Waals surface area contributed by atoms with Crippen molar-refractivity contribution in [3.8, 4) is 0 Å². The molecule has 0 aromatic heterocycles. The predicted molar refractivity (Wildman–Crippen MR) is 98.8 cm³/mol. The number of nitrogens with one attached hydrogen (secondary N) is 1. The Kier molecular flexibility index (Phi) is 5.38. The third kappa shape index (κ3) is 4.94. The molecule has 0 aliphatic carbocycles. The fourth-order valence-corrected chi connectivity index (χ4v) is 2.45. The van der Waals surface area contributed by atoms with Gasteiger partial charge < -0.3 is 5.32 Å². The molecular weight excluding hydrogens is 278 g/mol. The van der Waals surface area contributed by atoms with E-state index in [-0.39, 0.29) is 0 Å². The van der Waals surface area contributed by atoms with Gasteiger partial charge in [0.2, 0.25) is 0 Å². The van der Waals surface area contributed by atoms with Crippen LogP contribution in [0.4, 0.5) is 0 Å². The van der Waals surface area contributed by atoms with Crippen molar-refractivity contribution in [3.63, 3.8) is 0 Å². The van der Waals surface area contributed by atoms with E-state index in [4.69, 9.17) is 0 Å². The van der Waals surface area contributed by atoms with Crippen molar-refractivity contribution in [1.82, 2.24) is 5.32 Å². The van der Waals surface area contributed by atoms with Crippen LogP contribution in [0.25, 0.3) is 12.2 Å². The van der Waals surface area contributed by atoms with Crippen molar-refractivity contribution in [2.75, 3.05) is 0 Å². The van der Waals surface area contributed by atoms with Crippen LogP contribution in [0.15, 0.2) is 84.9 Å². The number of hydrogen-bond donors (Lipinski definition) is 1. The lowest BCUT2D eigenvalue weighted by Gasteiger charge is -2.05. The second-order valence-corrected chi connectivity index (χ2v) is 5.57. The van der Waals surface area contributed by atoms with Crippen molar-refractivity contribution in [1.29, 1.82) is 0 Å². The van der Waals surface area contributed by atoms with Gasteiger partial charge in [-0.05, 0) is 22.3 Å². The van der Waals surface area contributed by atoms with E-state index in [1.807, 2.05) is 12.1 Å². The number of hydrogen-bond acceptors (Lipinski definition) is 1. The second-order valence-electron chi connectivity index (χ2n) is 5.57. The Balaban J connectivity index is 1.52. The minimum Gasteiger partial charge on any atom is -0.309 e. The second kappa shape index (κ2) is 8.11. The molecule has 0 heterocycles. The molecule has 0 saturated carbocycles. The summed E-state index contributed by atoms with van der Waals surface area (Å²) >= 11 is 0. The average Bonchev–Trinajstić information content (AvgIpc) is 2.63. The van der Waals surface area contributed by atoms with Crippen LogP contribution in [0.3, 0.4) is 0 Å². The maximum absolute atomic E-state index is 3.48. The van der Waals surface area contributed by atoms with Gasteiger partial charge in [0, 0.05) is 13.1 Å².